The van der Waals surface area contributed by atoms with Crippen LogP contribution in [0.25, 0.3) is 22.3 Å². The number of hydrogen-bond acceptors (Lipinski definition) is 18. The number of pyridine rings is 6. The van der Waals surface area contributed by atoms with Crippen molar-refractivity contribution in [3.8, 4) is 34.6 Å². The van der Waals surface area contributed by atoms with Gasteiger partial charge in [0.25, 0.3) is 11.5 Å². The van der Waals surface area contributed by atoms with Crippen LogP contribution < -0.4 is 20.3 Å². The molecule has 9 heterocycles. The lowest BCUT2D eigenvalue weighted by Crippen LogP contribution is -2.44. The lowest BCUT2D eigenvalue weighted by Gasteiger charge is -2.31. The molecule has 0 spiro atoms. The van der Waals surface area contributed by atoms with Gasteiger partial charge in [0.1, 0.15) is 18.1 Å². The Labute approximate surface area is 547 Å². The van der Waals surface area contributed by atoms with Crippen LogP contribution in [0.1, 0.15) is 112 Å². The minimum absolute atomic E-state index is 0.00607. The number of amides is 1. The Morgan fingerprint density at radius 3 is 1.88 bits per heavy atom. The number of nitrogens with one attached hydrogen (secondary N) is 1. The topological polar surface area (TPSA) is 249 Å². The number of hydrogen-bond donors (Lipinski definition) is 4. The third kappa shape index (κ3) is 14.9. The number of nitrogens with zero attached hydrogens (tertiary/aromatic N) is 9. The lowest BCUT2D eigenvalue weighted by atomic mass is 9.86. The summed E-state index contributed by atoms with van der Waals surface area (Å²) in [6.07, 6.45) is 9.26. The van der Waals surface area contributed by atoms with Gasteiger partial charge in [-0.3, -0.25) is 48.7 Å². The third-order valence-corrected chi connectivity index (χ3v) is 17.9. The molecule has 1 amide bonds. The normalized spacial score (nSPS) is 14.0. The zero-order chi connectivity index (χ0) is 65.1. The average molecular weight is 1280 g/mol. The summed E-state index contributed by atoms with van der Waals surface area (Å²) in [5, 5.41) is 37.2. The summed E-state index contributed by atoms with van der Waals surface area (Å²) < 4.78 is 20.5. The fourth-order valence-corrected chi connectivity index (χ4v) is 13.1. The van der Waals surface area contributed by atoms with Crippen molar-refractivity contribution >= 4 is 40.5 Å². The minimum Gasteiger partial charge on any atom is -0.494 e. The Bertz CT molecular complexity index is 4220. The molecule has 2 aliphatic rings. The van der Waals surface area contributed by atoms with Crippen molar-refractivity contribution in [3.63, 3.8) is 0 Å². The number of carbonyl (C=O) groups excluding carboxylic acids is 3. The summed E-state index contributed by atoms with van der Waals surface area (Å²) in [6.45, 7) is 8.42. The van der Waals surface area contributed by atoms with E-state index in [9.17, 15) is 34.5 Å². The Kier molecular flexibility index (Phi) is 19.9. The molecule has 94 heavy (non-hydrogen) atoms. The molecule has 4 N–H and O–H groups in total. The van der Waals surface area contributed by atoms with E-state index in [0.29, 0.717) is 105 Å². The van der Waals surface area contributed by atoms with Crippen LogP contribution in [-0.4, -0.2) is 95.9 Å². The maximum absolute atomic E-state index is 13.8. The van der Waals surface area contributed by atoms with Crippen molar-refractivity contribution < 1.29 is 43.9 Å². The predicted octanol–water partition coefficient (Wildman–Crippen LogP) is 10.6. The van der Waals surface area contributed by atoms with E-state index in [4.69, 9.17) is 19.2 Å². The molecule has 0 bridgehead atoms. The second-order valence-electron chi connectivity index (χ2n) is 23.5. The van der Waals surface area contributed by atoms with Gasteiger partial charge in [0.05, 0.1) is 76.3 Å². The maximum Gasteiger partial charge on any atom is 0.343 e. The van der Waals surface area contributed by atoms with Crippen LogP contribution in [0, 0.1) is 0 Å². The van der Waals surface area contributed by atoms with Crippen molar-refractivity contribution in [3.05, 3.63) is 248 Å². The molecule has 12 rings (SSSR count). The van der Waals surface area contributed by atoms with E-state index in [1.807, 2.05) is 105 Å². The smallest absolute Gasteiger partial charge is 0.343 e. The van der Waals surface area contributed by atoms with Crippen molar-refractivity contribution in [2.75, 3.05) is 18.9 Å². The van der Waals surface area contributed by atoms with Crippen LogP contribution in [0.5, 0.6) is 23.3 Å². The number of benzene rings is 3. The minimum atomic E-state index is -1.94. The standard InChI is InChI=1S/C73H72N10O10S/c1-3-58-59-36-56(23-24-63(59)79-68-60(58)46-82-64(68)37-62-61(70(82)87)47-92-72(89)73(62,90)4-2)93-67(85)25-32-94-65-38-66(84)83(71(65)88)41-48-19-21-51(22-20-48)69(86)78-30-13-14-31-91-57-34-49(39-80(42-52-15-5-9-26-74-52)43-53-16-6-10-27-75-53)33-50(35-57)40-81(44-54-17-7-11-28-76-54)45-55-18-8-12-29-77-55/h5-12,15-24,26-29,33-38,84,88,90H,3-4,13-14,25,30-32,39-47H2,1-2H3,(H,78,86). The summed E-state index contributed by atoms with van der Waals surface area (Å²) in [5.74, 6) is -0.519. The first kappa shape index (κ1) is 64.1. The fraction of sp³-hybridized carbons (Fsp3) is 0.274. The average Bonchev–Trinajstić information content (AvgIpc) is 1.53. The van der Waals surface area contributed by atoms with Crippen LogP contribution in [0.3, 0.4) is 0 Å². The first-order valence-corrected chi connectivity index (χ1v) is 32.5. The van der Waals surface area contributed by atoms with Gasteiger partial charge in [-0.25, -0.2) is 9.78 Å². The monoisotopic (exact) mass is 1280 g/mol. The molecule has 0 saturated heterocycles. The van der Waals surface area contributed by atoms with Gasteiger partial charge in [0.15, 0.2) is 11.5 Å². The number of carbonyl (C=O) groups is 3. The number of thioether (sulfide) groups is 1. The second-order valence-corrected chi connectivity index (χ2v) is 24.6. The van der Waals surface area contributed by atoms with Crippen LogP contribution in [-0.2, 0) is 85.3 Å². The number of aromatic nitrogens is 7. The molecule has 3 aromatic carbocycles. The highest BCUT2D eigenvalue weighted by Crippen LogP contribution is 2.42. The predicted molar refractivity (Wildman–Crippen MR) is 355 cm³/mol. The van der Waals surface area contributed by atoms with Gasteiger partial charge in [-0.2, -0.15) is 0 Å². The van der Waals surface area contributed by atoms with Gasteiger partial charge in [0, 0.05) is 104 Å². The number of cyclic esters (lactones) is 1. The highest BCUT2D eigenvalue weighted by atomic mass is 32.2. The molecule has 480 valence electrons. The van der Waals surface area contributed by atoms with Crippen LogP contribution in [0.15, 0.2) is 180 Å². The summed E-state index contributed by atoms with van der Waals surface area (Å²) in [5.41, 5.74) is 8.92. The third-order valence-electron chi connectivity index (χ3n) is 16.9. The van der Waals surface area contributed by atoms with Crippen molar-refractivity contribution in [2.45, 2.75) is 115 Å². The van der Waals surface area contributed by atoms with Gasteiger partial charge >= 0.3 is 11.9 Å². The Morgan fingerprint density at radius 1 is 0.691 bits per heavy atom. The molecule has 7 aromatic heterocycles. The summed E-state index contributed by atoms with van der Waals surface area (Å²) >= 11 is 1.20. The molecule has 10 aromatic rings. The molecule has 1 unspecified atom stereocenters. The van der Waals surface area contributed by atoms with E-state index in [2.05, 4.69) is 53.3 Å². The van der Waals surface area contributed by atoms with Crippen LogP contribution in [0.4, 0.5) is 0 Å². The zero-order valence-corrected chi connectivity index (χ0v) is 53.1. The fourth-order valence-electron chi connectivity index (χ4n) is 12.2. The zero-order valence-electron chi connectivity index (χ0n) is 52.3. The first-order chi connectivity index (χ1) is 45.8. The summed E-state index contributed by atoms with van der Waals surface area (Å²) in [6, 6.07) is 45.6. The van der Waals surface area contributed by atoms with Crippen LogP contribution >= 0.6 is 11.8 Å². The largest absolute Gasteiger partial charge is 0.494 e. The number of ether oxygens (including phenoxy) is 3. The number of aliphatic hydroxyl groups is 1. The molecule has 21 heteroatoms. The highest BCUT2D eigenvalue weighted by molar-refractivity contribution is 7.99. The summed E-state index contributed by atoms with van der Waals surface area (Å²) in [4.78, 5) is 81.6. The second kappa shape index (κ2) is 29.3. The van der Waals surface area contributed by atoms with Gasteiger partial charge in [-0.1, -0.05) is 56.3 Å². The highest BCUT2D eigenvalue weighted by Gasteiger charge is 2.45. The van der Waals surface area contributed by atoms with Crippen molar-refractivity contribution in [1.29, 1.82) is 0 Å². The van der Waals surface area contributed by atoms with E-state index < -0.39 is 17.5 Å². The number of fused-ring (bicyclic) bond motifs is 5. The molecule has 1 atom stereocenters. The van der Waals surface area contributed by atoms with Crippen LogP contribution in [0.2, 0.25) is 0 Å². The molecular formula is C73H72N10O10S. The number of aromatic hydroxyl groups is 2. The number of unbranched alkanes of at least 4 members (excludes halogenated alkanes) is 1. The van der Waals surface area contributed by atoms with Crippen molar-refractivity contribution in [2.24, 2.45) is 0 Å². The van der Waals surface area contributed by atoms with E-state index in [1.165, 1.54) is 22.4 Å². The van der Waals surface area contributed by atoms with E-state index in [1.54, 1.807) is 60.0 Å². The SMILES string of the molecule is CCc1c2c(nc3ccc(OC(=O)CCSc4cc(O)n(Cc5ccc(C(=O)NCCCCOc6cc(CN(Cc7ccccn7)Cc7ccccn7)cc(CN(Cc7ccccn7)Cc7ccccn7)c6)cc5)c4O)cc13)-c1cc3c(c(=O)n1C2)COC(=O)C3(O)CC. The summed E-state index contributed by atoms with van der Waals surface area (Å²) in [7, 11) is 0. The van der Waals surface area contributed by atoms with E-state index in [-0.39, 0.29) is 72.6 Å². The maximum atomic E-state index is 13.8. The number of aryl methyl sites for hydroxylation is 1. The van der Waals surface area contributed by atoms with Crippen molar-refractivity contribution in [1.82, 2.24) is 49.2 Å². The van der Waals surface area contributed by atoms with Gasteiger partial charge < -0.3 is 39.4 Å². The molecule has 0 aliphatic carbocycles. The van der Waals surface area contributed by atoms with E-state index in [0.717, 1.165) is 61.7 Å². The van der Waals surface area contributed by atoms with Gasteiger partial charge in [-0.05, 0) is 145 Å². The molecule has 0 radical (unpaired) electrons. The number of rotatable bonds is 28. The molecule has 20 nitrogen and oxygen atoms in total. The Balaban J connectivity index is 0.628. The Morgan fingerprint density at radius 2 is 1.31 bits per heavy atom. The molecule has 0 saturated carbocycles. The number of esters is 2. The molecule has 0 fully saturated rings. The molecular weight excluding hydrogens is 1210 g/mol. The quantitative estimate of drug-likeness (QED) is 0.0154. The Hall–Kier alpha value is -10.1. The lowest BCUT2D eigenvalue weighted by molar-refractivity contribution is -0.172. The van der Waals surface area contributed by atoms with Gasteiger partial charge in [0.2, 0.25) is 5.88 Å². The first-order valence-electron chi connectivity index (χ1n) is 31.5. The van der Waals surface area contributed by atoms with Gasteiger partial charge in [-0.15, -0.1) is 11.8 Å². The molecule has 2 aliphatic heterocycles. The van der Waals surface area contributed by atoms with E-state index >= 15 is 0 Å².